The van der Waals surface area contributed by atoms with E-state index in [2.05, 4.69) is 5.10 Å². The molecule has 1 heterocycles. The van der Waals surface area contributed by atoms with Crippen molar-refractivity contribution in [2.45, 2.75) is 20.1 Å². The van der Waals surface area contributed by atoms with E-state index in [9.17, 15) is 14.0 Å². The lowest BCUT2D eigenvalue weighted by Gasteiger charge is -2.21. The molecule has 1 unspecified atom stereocenters. The van der Waals surface area contributed by atoms with Crippen molar-refractivity contribution in [3.63, 3.8) is 0 Å². The average molecular weight is 342 g/mol. The Balaban J connectivity index is 1.97. The molecular formula is C18H15FN2O4. The monoisotopic (exact) mass is 342 g/mol. The predicted molar refractivity (Wildman–Crippen MR) is 87.0 cm³/mol. The van der Waals surface area contributed by atoms with E-state index in [1.807, 2.05) is 0 Å². The van der Waals surface area contributed by atoms with E-state index in [1.54, 1.807) is 24.3 Å². The molecule has 6 nitrogen and oxygen atoms in total. The summed E-state index contributed by atoms with van der Waals surface area (Å²) in [6, 6.07) is 12.3. The van der Waals surface area contributed by atoms with Crippen LogP contribution in [0.2, 0.25) is 0 Å². The lowest BCUT2D eigenvalue weighted by molar-refractivity contribution is -0.135. The molecule has 0 bridgehead atoms. The van der Waals surface area contributed by atoms with Gasteiger partial charge in [0, 0.05) is 19.4 Å². The van der Waals surface area contributed by atoms with E-state index in [1.165, 1.54) is 38.1 Å². The molecule has 1 atom stereocenters. The van der Waals surface area contributed by atoms with Crippen molar-refractivity contribution in [2.24, 2.45) is 5.10 Å². The highest BCUT2D eigenvalue weighted by Gasteiger charge is 2.35. The summed E-state index contributed by atoms with van der Waals surface area (Å²) in [7, 11) is 0. The molecule has 0 spiro atoms. The minimum absolute atomic E-state index is 0.179. The number of amides is 1. The first kappa shape index (κ1) is 16.6. The Kier molecular flexibility index (Phi) is 4.47. The third-order valence-electron chi connectivity index (χ3n) is 3.50. The highest BCUT2D eigenvalue weighted by molar-refractivity contribution is 5.96. The molecular weight excluding hydrogens is 327 g/mol. The number of carbonyl (C=O) groups is 2. The van der Waals surface area contributed by atoms with E-state index in [-0.39, 0.29) is 23.4 Å². The molecule has 7 heteroatoms. The summed E-state index contributed by atoms with van der Waals surface area (Å²) >= 11 is 0. The van der Waals surface area contributed by atoms with Crippen molar-refractivity contribution in [1.82, 2.24) is 5.01 Å². The summed E-state index contributed by atoms with van der Waals surface area (Å²) < 4.78 is 24.1. The quantitative estimate of drug-likeness (QED) is 0.635. The van der Waals surface area contributed by atoms with Gasteiger partial charge in [-0.15, -0.1) is 5.10 Å². The van der Waals surface area contributed by atoms with Gasteiger partial charge in [-0.3, -0.25) is 9.59 Å². The Morgan fingerprint density at radius 2 is 1.80 bits per heavy atom. The van der Waals surface area contributed by atoms with Crippen LogP contribution >= 0.6 is 0 Å². The van der Waals surface area contributed by atoms with Gasteiger partial charge in [0.25, 0.3) is 0 Å². The van der Waals surface area contributed by atoms with E-state index in [4.69, 9.17) is 9.47 Å². The minimum atomic E-state index is -0.881. The molecule has 2 aromatic rings. The van der Waals surface area contributed by atoms with E-state index in [0.717, 1.165) is 5.01 Å². The van der Waals surface area contributed by atoms with Gasteiger partial charge in [-0.05, 0) is 36.4 Å². The fourth-order valence-electron chi connectivity index (χ4n) is 2.41. The second kappa shape index (κ2) is 6.72. The van der Waals surface area contributed by atoms with Crippen LogP contribution in [0.15, 0.2) is 53.6 Å². The Morgan fingerprint density at radius 1 is 1.12 bits per heavy atom. The first-order chi connectivity index (χ1) is 12.0. The summed E-state index contributed by atoms with van der Waals surface area (Å²) in [6.07, 6.45) is -0.881. The minimum Gasteiger partial charge on any atom is -0.446 e. The largest absolute Gasteiger partial charge is 0.446 e. The van der Waals surface area contributed by atoms with Gasteiger partial charge >= 0.3 is 5.97 Å². The molecule has 1 aliphatic heterocycles. The first-order valence-electron chi connectivity index (χ1n) is 7.54. The van der Waals surface area contributed by atoms with Gasteiger partial charge in [-0.2, -0.15) is 5.01 Å². The van der Waals surface area contributed by atoms with Crippen molar-refractivity contribution >= 4 is 17.8 Å². The number of esters is 1. The Hall–Kier alpha value is -3.22. The number of hydrogen-bond donors (Lipinski definition) is 0. The number of ether oxygens (including phenoxy) is 2. The zero-order valence-corrected chi connectivity index (χ0v) is 13.6. The van der Waals surface area contributed by atoms with Gasteiger partial charge in [-0.25, -0.2) is 4.39 Å². The van der Waals surface area contributed by atoms with Crippen LogP contribution in [-0.2, 0) is 14.3 Å². The summed E-state index contributed by atoms with van der Waals surface area (Å²) in [5.74, 6) is -0.763. The highest BCUT2D eigenvalue weighted by atomic mass is 19.1. The molecule has 0 aromatic heterocycles. The predicted octanol–water partition coefficient (Wildman–Crippen LogP) is 2.99. The summed E-state index contributed by atoms with van der Waals surface area (Å²) in [5.41, 5.74) is 1.01. The molecule has 0 radical (unpaired) electrons. The van der Waals surface area contributed by atoms with Crippen LogP contribution in [0.5, 0.6) is 5.75 Å². The maximum Gasteiger partial charge on any atom is 0.308 e. The van der Waals surface area contributed by atoms with Crippen molar-refractivity contribution in [3.8, 4) is 5.75 Å². The van der Waals surface area contributed by atoms with Gasteiger partial charge in [0.1, 0.15) is 11.6 Å². The second-order valence-electron chi connectivity index (χ2n) is 5.38. The van der Waals surface area contributed by atoms with E-state index in [0.29, 0.717) is 11.1 Å². The van der Waals surface area contributed by atoms with Crippen molar-refractivity contribution in [2.75, 3.05) is 0 Å². The Bertz CT molecular complexity index is 848. The number of para-hydroxylation sites is 1. The molecule has 3 rings (SSSR count). The van der Waals surface area contributed by atoms with Gasteiger partial charge in [0.2, 0.25) is 18.0 Å². The normalized spacial score (nSPS) is 16.2. The third-order valence-corrected chi connectivity index (χ3v) is 3.50. The van der Waals surface area contributed by atoms with E-state index >= 15 is 0 Å². The fraction of sp³-hybridized carbons (Fsp3) is 0.167. The van der Waals surface area contributed by atoms with Gasteiger partial charge < -0.3 is 9.47 Å². The van der Waals surface area contributed by atoms with Crippen LogP contribution in [0.3, 0.4) is 0 Å². The second-order valence-corrected chi connectivity index (χ2v) is 5.38. The molecule has 1 amide bonds. The Labute approximate surface area is 143 Å². The molecule has 0 fully saturated rings. The molecule has 0 N–H and O–H groups in total. The molecule has 25 heavy (non-hydrogen) atoms. The smallest absolute Gasteiger partial charge is 0.308 e. The number of benzene rings is 2. The lowest BCUT2D eigenvalue weighted by atomic mass is 10.1. The molecule has 0 saturated carbocycles. The maximum absolute atomic E-state index is 13.1. The SMILES string of the molecule is CC(=O)Oc1ccccc1C1OC(c2ccc(F)cc2)=NN1C(C)=O. The summed E-state index contributed by atoms with van der Waals surface area (Å²) in [4.78, 5) is 23.3. The summed E-state index contributed by atoms with van der Waals surface area (Å²) in [6.45, 7) is 2.64. The standard InChI is InChI=1S/C18H15FN2O4/c1-11(22)21-18(15-5-3-4-6-16(15)24-12(2)23)25-17(20-21)13-7-9-14(19)10-8-13/h3-10,18H,1-2H3. The molecule has 1 aliphatic rings. The molecule has 0 aliphatic carbocycles. The number of rotatable bonds is 3. The number of hydrogen-bond acceptors (Lipinski definition) is 5. The van der Waals surface area contributed by atoms with Crippen LogP contribution in [0.1, 0.15) is 31.2 Å². The summed E-state index contributed by atoms with van der Waals surface area (Å²) in [5, 5.41) is 5.33. The first-order valence-corrected chi connectivity index (χ1v) is 7.54. The molecule has 128 valence electrons. The van der Waals surface area contributed by atoms with Crippen LogP contribution in [0, 0.1) is 5.82 Å². The third kappa shape index (κ3) is 3.50. The average Bonchev–Trinajstić information content (AvgIpc) is 3.01. The van der Waals surface area contributed by atoms with Crippen LogP contribution in [-0.4, -0.2) is 22.8 Å². The molecule has 0 saturated heterocycles. The van der Waals surface area contributed by atoms with Crippen molar-refractivity contribution < 1.29 is 23.5 Å². The zero-order chi connectivity index (χ0) is 18.0. The molecule has 2 aromatic carbocycles. The highest BCUT2D eigenvalue weighted by Crippen LogP contribution is 2.35. The Morgan fingerprint density at radius 3 is 2.44 bits per heavy atom. The van der Waals surface area contributed by atoms with Crippen molar-refractivity contribution in [3.05, 3.63) is 65.5 Å². The number of carbonyl (C=O) groups excluding carboxylic acids is 2. The van der Waals surface area contributed by atoms with Crippen LogP contribution in [0.25, 0.3) is 0 Å². The van der Waals surface area contributed by atoms with Gasteiger partial charge in [0.15, 0.2) is 0 Å². The number of halogens is 1. The number of hydrazone groups is 1. The van der Waals surface area contributed by atoms with Crippen LogP contribution in [0.4, 0.5) is 4.39 Å². The lowest BCUT2D eigenvalue weighted by Crippen LogP contribution is -2.26. The van der Waals surface area contributed by atoms with Gasteiger partial charge in [0.05, 0.1) is 5.56 Å². The topological polar surface area (TPSA) is 68.2 Å². The van der Waals surface area contributed by atoms with Gasteiger partial charge in [-0.1, -0.05) is 12.1 Å². The maximum atomic E-state index is 13.1. The number of nitrogens with zero attached hydrogens (tertiary/aromatic N) is 2. The van der Waals surface area contributed by atoms with Crippen molar-refractivity contribution in [1.29, 1.82) is 0 Å². The van der Waals surface area contributed by atoms with E-state index < -0.39 is 12.2 Å². The fourth-order valence-corrected chi connectivity index (χ4v) is 2.41. The zero-order valence-electron chi connectivity index (χ0n) is 13.6. The van der Waals surface area contributed by atoms with Crippen LogP contribution < -0.4 is 4.74 Å².